The van der Waals surface area contributed by atoms with Gasteiger partial charge in [-0.05, 0) is 62.5 Å². The van der Waals surface area contributed by atoms with Crippen LogP contribution in [0.4, 0.5) is 0 Å². The molecule has 2 aliphatic rings. The predicted molar refractivity (Wildman–Crippen MR) is 119 cm³/mol. The van der Waals surface area contributed by atoms with Gasteiger partial charge in [-0.25, -0.2) is 0 Å². The van der Waals surface area contributed by atoms with Crippen molar-refractivity contribution in [3.8, 4) is 0 Å². The Morgan fingerprint density at radius 1 is 0.533 bits per heavy atom. The van der Waals surface area contributed by atoms with Crippen molar-refractivity contribution in [3.05, 3.63) is 71.8 Å². The third-order valence-corrected chi connectivity index (χ3v) is 6.38. The highest BCUT2D eigenvalue weighted by molar-refractivity contribution is 5.14. The number of hydrogen-bond acceptors (Lipinski definition) is 4. The lowest BCUT2D eigenvalue weighted by Crippen LogP contribution is -2.36. The fourth-order valence-electron chi connectivity index (χ4n) is 4.52. The molecule has 0 spiro atoms. The van der Waals surface area contributed by atoms with E-state index in [9.17, 15) is 0 Å². The molecule has 4 rings (SSSR count). The molecule has 2 saturated carbocycles. The van der Waals surface area contributed by atoms with Crippen LogP contribution in [0.5, 0.6) is 0 Å². The molecular formula is C26H34N2O2. The zero-order valence-electron chi connectivity index (χ0n) is 18.0. The highest BCUT2D eigenvalue weighted by atomic mass is 16.5. The minimum atomic E-state index is -0.505. The maximum absolute atomic E-state index is 6.44. The average Bonchev–Trinajstić information content (AvgIpc) is 2.83. The summed E-state index contributed by atoms with van der Waals surface area (Å²) in [5.74, 6) is 0. The van der Waals surface area contributed by atoms with Crippen molar-refractivity contribution in [2.24, 2.45) is 10.2 Å². The summed E-state index contributed by atoms with van der Waals surface area (Å²) in [6.07, 6.45) is 10.9. The van der Waals surface area contributed by atoms with E-state index in [2.05, 4.69) is 48.5 Å². The number of ether oxygens (including phenoxy) is 2. The Bertz CT molecular complexity index is 712. The maximum atomic E-state index is 6.44. The summed E-state index contributed by atoms with van der Waals surface area (Å²) in [6, 6.07) is 20.7. The molecule has 2 aromatic carbocycles. The van der Waals surface area contributed by atoms with E-state index in [1.54, 1.807) is 0 Å². The third-order valence-electron chi connectivity index (χ3n) is 6.38. The first-order valence-corrected chi connectivity index (χ1v) is 11.6. The summed E-state index contributed by atoms with van der Waals surface area (Å²) in [5.41, 5.74) is 1.36. The summed E-state index contributed by atoms with van der Waals surface area (Å²) >= 11 is 0. The van der Waals surface area contributed by atoms with E-state index in [0.717, 1.165) is 51.4 Å². The van der Waals surface area contributed by atoms with E-state index < -0.39 is 11.4 Å². The van der Waals surface area contributed by atoms with E-state index >= 15 is 0 Å². The van der Waals surface area contributed by atoms with Gasteiger partial charge in [0.2, 0.25) is 0 Å². The highest BCUT2D eigenvalue weighted by Crippen LogP contribution is 2.38. The van der Waals surface area contributed by atoms with Gasteiger partial charge in [-0.15, -0.1) is 0 Å². The highest BCUT2D eigenvalue weighted by Gasteiger charge is 2.37. The fourth-order valence-corrected chi connectivity index (χ4v) is 4.52. The molecule has 4 nitrogen and oxygen atoms in total. The smallest absolute Gasteiger partial charge is 0.179 e. The molecule has 0 unspecified atom stereocenters. The van der Waals surface area contributed by atoms with Gasteiger partial charge in [0, 0.05) is 0 Å². The SMILES string of the molecule is c1ccc(COC2(N=NC3(OCc4ccccc4)CCCCC3)CCCCC2)cc1. The van der Waals surface area contributed by atoms with Gasteiger partial charge < -0.3 is 9.47 Å². The Labute approximate surface area is 180 Å². The van der Waals surface area contributed by atoms with E-state index in [1.165, 1.54) is 24.0 Å². The van der Waals surface area contributed by atoms with Gasteiger partial charge in [0.1, 0.15) is 0 Å². The summed E-state index contributed by atoms with van der Waals surface area (Å²) in [6.45, 7) is 1.16. The second kappa shape index (κ2) is 10.3. The molecule has 0 aliphatic heterocycles. The summed E-state index contributed by atoms with van der Waals surface area (Å²) in [7, 11) is 0. The quantitative estimate of drug-likeness (QED) is 0.435. The van der Waals surface area contributed by atoms with Crippen molar-refractivity contribution in [3.63, 3.8) is 0 Å². The first-order chi connectivity index (χ1) is 14.8. The van der Waals surface area contributed by atoms with Crippen LogP contribution in [0.25, 0.3) is 0 Å². The Kier molecular flexibility index (Phi) is 7.29. The molecule has 160 valence electrons. The molecule has 2 aromatic rings. The van der Waals surface area contributed by atoms with Gasteiger partial charge in [-0.1, -0.05) is 73.5 Å². The normalized spacial score (nSPS) is 20.9. The second-order valence-electron chi connectivity index (χ2n) is 8.76. The first kappa shape index (κ1) is 21.2. The molecule has 0 heterocycles. The van der Waals surface area contributed by atoms with Crippen LogP contribution in [0, 0.1) is 0 Å². The van der Waals surface area contributed by atoms with Crippen LogP contribution < -0.4 is 0 Å². The first-order valence-electron chi connectivity index (χ1n) is 11.6. The number of nitrogens with zero attached hydrogens (tertiary/aromatic N) is 2. The fraction of sp³-hybridized carbons (Fsp3) is 0.538. The van der Waals surface area contributed by atoms with Crippen LogP contribution in [0.15, 0.2) is 70.9 Å². The third kappa shape index (κ3) is 5.77. The van der Waals surface area contributed by atoms with Gasteiger partial charge in [-0.3, -0.25) is 0 Å². The Morgan fingerprint density at radius 3 is 1.27 bits per heavy atom. The predicted octanol–water partition coefficient (Wildman–Crippen LogP) is 7.19. The van der Waals surface area contributed by atoms with Crippen molar-refractivity contribution in [2.45, 2.75) is 88.9 Å². The van der Waals surface area contributed by atoms with Crippen LogP contribution in [0.1, 0.15) is 75.3 Å². The number of rotatable bonds is 8. The van der Waals surface area contributed by atoms with E-state index in [4.69, 9.17) is 19.7 Å². The average molecular weight is 407 g/mol. The molecule has 2 fully saturated rings. The minimum absolute atomic E-state index is 0.505. The molecule has 0 radical (unpaired) electrons. The standard InChI is InChI=1S/C26H34N2O2/c1-5-13-23(14-6-1)21-29-25(17-9-3-10-18-25)27-28-26(19-11-4-12-20-26)30-22-24-15-7-2-8-16-24/h1-2,5-8,13-16H,3-4,9-12,17-22H2. The van der Waals surface area contributed by atoms with Crippen LogP contribution in [0.2, 0.25) is 0 Å². The topological polar surface area (TPSA) is 43.2 Å². The molecular weight excluding hydrogens is 372 g/mol. The number of benzene rings is 2. The Hall–Kier alpha value is -2.04. The van der Waals surface area contributed by atoms with Crippen LogP contribution in [-0.4, -0.2) is 11.4 Å². The largest absolute Gasteiger partial charge is 0.347 e. The molecule has 2 aliphatic carbocycles. The minimum Gasteiger partial charge on any atom is -0.347 e. The van der Waals surface area contributed by atoms with Gasteiger partial charge in [0.15, 0.2) is 11.4 Å². The van der Waals surface area contributed by atoms with E-state index in [1.807, 2.05) is 12.1 Å². The number of hydrogen-bond donors (Lipinski definition) is 0. The molecule has 0 N–H and O–H groups in total. The van der Waals surface area contributed by atoms with Gasteiger partial charge in [0.25, 0.3) is 0 Å². The van der Waals surface area contributed by atoms with Crippen molar-refractivity contribution in [2.75, 3.05) is 0 Å². The van der Waals surface area contributed by atoms with Crippen LogP contribution in [-0.2, 0) is 22.7 Å². The molecule has 4 heteroatoms. The van der Waals surface area contributed by atoms with Crippen LogP contribution >= 0.6 is 0 Å². The molecule has 0 amide bonds. The maximum Gasteiger partial charge on any atom is 0.179 e. The van der Waals surface area contributed by atoms with E-state index in [-0.39, 0.29) is 0 Å². The van der Waals surface area contributed by atoms with Gasteiger partial charge in [-0.2, -0.15) is 10.2 Å². The van der Waals surface area contributed by atoms with Crippen molar-refractivity contribution < 1.29 is 9.47 Å². The van der Waals surface area contributed by atoms with Gasteiger partial charge in [0.05, 0.1) is 13.2 Å². The zero-order chi connectivity index (χ0) is 20.5. The summed E-state index contributed by atoms with van der Waals surface area (Å²) in [5, 5.41) is 9.83. The monoisotopic (exact) mass is 406 g/mol. The summed E-state index contributed by atoms with van der Waals surface area (Å²) < 4.78 is 12.9. The lowest BCUT2D eigenvalue weighted by atomic mass is 9.91. The lowest BCUT2D eigenvalue weighted by molar-refractivity contribution is -0.107. The number of azo groups is 1. The second-order valence-corrected chi connectivity index (χ2v) is 8.76. The molecule has 0 atom stereocenters. The summed E-state index contributed by atoms with van der Waals surface area (Å²) in [4.78, 5) is 0. The molecule has 0 aromatic heterocycles. The van der Waals surface area contributed by atoms with Crippen molar-refractivity contribution in [1.82, 2.24) is 0 Å². The van der Waals surface area contributed by atoms with Gasteiger partial charge >= 0.3 is 0 Å². The van der Waals surface area contributed by atoms with Crippen molar-refractivity contribution >= 4 is 0 Å². The Morgan fingerprint density at radius 2 is 0.900 bits per heavy atom. The van der Waals surface area contributed by atoms with E-state index in [0.29, 0.717) is 13.2 Å². The molecule has 0 bridgehead atoms. The Balaban J connectivity index is 1.48. The molecule has 0 saturated heterocycles. The lowest BCUT2D eigenvalue weighted by Gasteiger charge is -2.36. The van der Waals surface area contributed by atoms with Crippen LogP contribution in [0.3, 0.4) is 0 Å². The zero-order valence-corrected chi connectivity index (χ0v) is 18.0. The molecule has 30 heavy (non-hydrogen) atoms. The van der Waals surface area contributed by atoms with Crippen molar-refractivity contribution in [1.29, 1.82) is 0 Å².